The van der Waals surface area contributed by atoms with Crippen LogP contribution in [0.3, 0.4) is 0 Å². The van der Waals surface area contributed by atoms with Gasteiger partial charge >= 0.3 is 12.2 Å². The highest BCUT2D eigenvalue weighted by molar-refractivity contribution is 6.00. The third-order valence-corrected chi connectivity index (χ3v) is 13.0. The van der Waals surface area contributed by atoms with Crippen molar-refractivity contribution in [1.29, 1.82) is 0 Å². The molecule has 0 radical (unpaired) electrons. The van der Waals surface area contributed by atoms with Crippen molar-refractivity contribution in [3.8, 4) is 0 Å². The number of alkyl carbamates (subject to hydrolysis) is 2. The van der Waals surface area contributed by atoms with Crippen LogP contribution in [0.2, 0.25) is 0 Å². The second-order valence-electron chi connectivity index (χ2n) is 17.1. The van der Waals surface area contributed by atoms with E-state index in [0.717, 1.165) is 29.7 Å². The zero-order valence-corrected chi connectivity index (χ0v) is 37.8. The van der Waals surface area contributed by atoms with Gasteiger partial charge < -0.3 is 45.4 Å². The minimum atomic E-state index is -1.03. The molecule has 5 aromatic carbocycles. The molecule has 6 amide bonds. The molecule has 3 heterocycles. The number of benzene rings is 5. The molecule has 16 heteroatoms. The molecular formula is C52H54FN7O8. The van der Waals surface area contributed by atoms with E-state index in [0.29, 0.717) is 61.3 Å². The first kappa shape index (κ1) is 46.8. The molecule has 3 saturated heterocycles. The monoisotopic (exact) mass is 923 g/mol. The van der Waals surface area contributed by atoms with Crippen molar-refractivity contribution in [2.75, 3.05) is 42.8 Å². The molecule has 68 heavy (non-hydrogen) atoms. The molecule has 4 N–H and O–H groups in total. The maximum Gasteiger partial charge on any atom is 0.407 e. The largest absolute Gasteiger partial charge is 0.453 e. The van der Waals surface area contributed by atoms with E-state index in [-0.39, 0.29) is 29.7 Å². The summed E-state index contributed by atoms with van der Waals surface area (Å²) >= 11 is 0. The van der Waals surface area contributed by atoms with Crippen LogP contribution in [-0.4, -0.2) is 85.0 Å². The number of anilines is 3. The Balaban J connectivity index is 0.940. The van der Waals surface area contributed by atoms with Crippen LogP contribution in [0.15, 0.2) is 133 Å². The van der Waals surface area contributed by atoms with Gasteiger partial charge in [-0.3, -0.25) is 19.2 Å². The van der Waals surface area contributed by atoms with Gasteiger partial charge in [0, 0.05) is 30.2 Å². The number of carbonyl (C=O) groups is 6. The lowest BCUT2D eigenvalue weighted by atomic mass is 10.0. The third kappa shape index (κ3) is 10.4. The topological polar surface area (TPSA) is 179 Å². The average Bonchev–Trinajstić information content (AvgIpc) is 4.17. The minimum absolute atomic E-state index is 0.103. The van der Waals surface area contributed by atoms with Crippen LogP contribution in [0.1, 0.15) is 84.9 Å². The Hall–Kier alpha value is -7.75. The van der Waals surface area contributed by atoms with Gasteiger partial charge in [0.2, 0.25) is 11.8 Å². The molecule has 8 rings (SSSR count). The van der Waals surface area contributed by atoms with Gasteiger partial charge in [-0.05, 0) is 109 Å². The van der Waals surface area contributed by atoms with E-state index in [1.165, 1.54) is 36.2 Å². The standard InChI is InChI=1S/C52H54FN7O8/c1-67-51(65)56-45(35-11-5-3-6-12-35)49(63)58-31-9-15-43(58)47(61)54-38-23-17-33(18-24-38)41-29-30-42(60(41)40-27-21-37(53)22-28-40)34-19-25-39(26-20-34)55-48(62)44-16-10-32-59(44)50(64)46(57-52(66)68-2)36-13-7-4-8-14-36/h3-8,11-14,17-28,41-46H,9-10,15-16,29-32H2,1-2H3,(H,54,61)(H,55,62)(H,56,65)(H,57,66)/t41-,42-,43-,44-,45+,46+/m0/s1. The van der Waals surface area contributed by atoms with Gasteiger partial charge in [0.15, 0.2) is 0 Å². The maximum atomic E-state index is 14.3. The number of hydrogen-bond acceptors (Lipinski definition) is 9. The zero-order valence-electron chi connectivity index (χ0n) is 37.8. The summed E-state index contributed by atoms with van der Waals surface area (Å²) in [6, 6.07) is 35.5. The predicted molar refractivity (Wildman–Crippen MR) is 253 cm³/mol. The van der Waals surface area contributed by atoms with Crippen LogP contribution in [0, 0.1) is 5.82 Å². The lowest BCUT2D eigenvalue weighted by Gasteiger charge is -2.33. The number of hydrogen-bond donors (Lipinski definition) is 4. The lowest BCUT2D eigenvalue weighted by molar-refractivity contribution is -0.138. The van der Waals surface area contributed by atoms with Crippen molar-refractivity contribution >= 4 is 52.9 Å². The fourth-order valence-electron chi connectivity index (χ4n) is 9.62. The summed E-state index contributed by atoms with van der Waals surface area (Å²) in [5, 5.41) is 11.2. The van der Waals surface area contributed by atoms with Crippen molar-refractivity contribution in [3.05, 3.63) is 162 Å². The normalized spacial score (nSPS) is 19.7. The molecule has 0 aromatic heterocycles. The number of halogens is 1. The van der Waals surface area contributed by atoms with Crippen LogP contribution in [0.5, 0.6) is 0 Å². The molecule has 352 valence electrons. The van der Waals surface area contributed by atoms with Gasteiger partial charge in [-0.25, -0.2) is 14.0 Å². The molecule has 3 fully saturated rings. The summed E-state index contributed by atoms with van der Waals surface area (Å²) in [6.07, 6.45) is 2.21. The Morgan fingerprint density at radius 1 is 0.529 bits per heavy atom. The number of likely N-dealkylation sites (tertiary alicyclic amines) is 2. The van der Waals surface area contributed by atoms with Crippen LogP contribution >= 0.6 is 0 Å². The van der Waals surface area contributed by atoms with E-state index in [2.05, 4.69) is 26.2 Å². The van der Waals surface area contributed by atoms with Crippen molar-refractivity contribution < 1.29 is 42.6 Å². The van der Waals surface area contributed by atoms with Gasteiger partial charge in [0.25, 0.3) is 11.8 Å². The first-order valence-corrected chi connectivity index (χ1v) is 22.8. The van der Waals surface area contributed by atoms with Crippen molar-refractivity contribution in [2.24, 2.45) is 0 Å². The summed E-state index contributed by atoms with van der Waals surface area (Å²) in [5.41, 5.74) is 5.07. The fraction of sp³-hybridized carbons (Fsp3) is 0.308. The van der Waals surface area contributed by atoms with Crippen LogP contribution in [-0.2, 0) is 28.7 Å². The SMILES string of the molecule is COC(=O)N[C@@H](C(=O)N1CCC[C@H]1C(=O)Nc1ccc([C@@H]2CC[C@@H](c3ccc(NC(=O)[C@@H]4CCCN4C(=O)[C@H](NC(=O)OC)c4ccccc4)cc3)N2c2ccc(F)cc2)cc1)c1ccccc1. The second-order valence-corrected chi connectivity index (χ2v) is 17.1. The fourth-order valence-corrected chi connectivity index (χ4v) is 9.62. The van der Waals surface area contributed by atoms with E-state index in [4.69, 9.17) is 9.47 Å². The highest BCUT2D eigenvalue weighted by atomic mass is 19.1. The number of methoxy groups -OCH3 is 2. The van der Waals surface area contributed by atoms with Crippen molar-refractivity contribution in [1.82, 2.24) is 20.4 Å². The molecule has 3 aliphatic rings. The molecule has 0 aliphatic carbocycles. The van der Waals surface area contributed by atoms with Crippen molar-refractivity contribution in [3.63, 3.8) is 0 Å². The zero-order chi connectivity index (χ0) is 47.7. The Morgan fingerprint density at radius 2 is 0.926 bits per heavy atom. The first-order valence-electron chi connectivity index (χ1n) is 22.8. The molecule has 0 saturated carbocycles. The quantitative estimate of drug-likeness (QED) is 0.0912. The third-order valence-electron chi connectivity index (χ3n) is 13.0. The number of ether oxygens (including phenoxy) is 2. The lowest BCUT2D eigenvalue weighted by Crippen LogP contribution is -2.48. The average molecular weight is 924 g/mol. The Labute approximate surface area is 394 Å². The van der Waals surface area contributed by atoms with Gasteiger partial charge in [-0.2, -0.15) is 0 Å². The number of nitrogens with one attached hydrogen (secondary N) is 4. The van der Waals surface area contributed by atoms with Crippen molar-refractivity contribution in [2.45, 2.75) is 74.8 Å². The first-order chi connectivity index (χ1) is 33.0. The summed E-state index contributed by atoms with van der Waals surface area (Å²) in [6.45, 7) is 0.718. The molecular weight excluding hydrogens is 870 g/mol. The Morgan fingerprint density at radius 3 is 1.31 bits per heavy atom. The highest BCUT2D eigenvalue weighted by Crippen LogP contribution is 2.47. The van der Waals surface area contributed by atoms with Gasteiger partial charge in [-0.15, -0.1) is 0 Å². The predicted octanol–water partition coefficient (Wildman–Crippen LogP) is 7.96. The molecule has 0 bridgehead atoms. The number of amides is 6. The number of rotatable bonds is 13. The van der Waals surface area contributed by atoms with E-state index >= 15 is 0 Å². The molecule has 6 atom stereocenters. The minimum Gasteiger partial charge on any atom is -0.453 e. The molecule has 5 aromatic rings. The Kier molecular flexibility index (Phi) is 14.6. The summed E-state index contributed by atoms with van der Waals surface area (Å²) in [5.74, 6) is -1.82. The maximum absolute atomic E-state index is 14.3. The van der Waals surface area contributed by atoms with E-state index in [1.54, 1.807) is 60.7 Å². The van der Waals surface area contributed by atoms with E-state index in [9.17, 15) is 33.2 Å². The second kappa shape index (κ2) is 21.3. The number of carbonyl (C=O) groups excluding carboxylic acids is 6. The van der Waals surface area contributed by atoms with E-state index in [1.807, 2.05) is 60.7 Å². The van der Waals surface area contributed by atoms with Gasteiger partial charge in [0.1, 0.15) is 30.0 Å². The molecule has 0 unspecified atom stereocenters. The van der Waals surface area contributed by atoms with Crippen LogP contribution in [0.25, 0.3) is 0 Å². The number of nitrogens with zero attached hydrogens (tertiary/aromatic N) is 3. The summed E-state index contributed by atoms with van der Waals surface area (Å²) in [4.78, 5) is 85.1. The Bertz CT molecular complexity index is 2430. The molecule has 3 aliphatic heterocycles. The van der Waals surface area contributed by atoms with Crippen LogP contribution in [0.4, 0.5) is 31.0 Å². The van der Waals surface area contributed by atoms with Crippen LogP contribution < -0.4 is 26.2 Å². The summed E-state index contributed by atoms with van der Waals surface area (Å²) < 4.78 is 23.8. The molecule has 0 spiro atoms. The summed E-state index contributed by atoms with van der Waals surface area (Å²) in [7, 11) is 2.45. The highest BCUT2D eigenvalue weighted by Gasteiger charge is 2.41. The van der Waals surface area contributed by atoms with E-state index < -0.39 is 48.2 Å². The van der Waals surface area contributed by atoms with Gasteiger partial charge in [-0.1, -0.05) is 84.9 Å². The van der Waals surface area contributed by atoms with Gasteiger partial charge in [0.05, 0.1) is 26.3 Å². The smallest absolute Gasteiger partial charge is 0.407 e. The molecule has 15 nitrogen and oxygen atoms in total.